The predicted molar refractivity (Wildman–Crippen MR) is 88.2 cm³/mol. The minimum Gasteiger partial charge on any atom is -0.454 e. The normalized spacial score (nSPS) is 13.4. The second kappa shape index (κ2) is 6.57. The lowest BCUT2D eigenvalue weighted by Crippen LogP contribution is -2.41. The number of sulfonamides is 2. The zero-order valence-electron chi connectivity index (χ0n) is 13.0. The molecule has 1 amide bonds. The molecule has 0 unspecified atom stereocenters. The van der Waals surface area contributed by atoms with E-state index in [9.17, 15) is 21.6 Å². The molecule has 138 valence electrons. The molecule has 12 heteroatoms. The van der Waals surface area contributed by atoms with Gasteiger partial charge in [0.1, 0.15) is 0 Å². The van der Waals surface area contributed by atoms with Crippen molar-refractivity contribution in [2.24, 2.45) is 5.14 Å². The summed E-state index contributed by atoms with van der Waals surface area (Å²) in [5.74, 6) is 0.0952. The molecule has 4 N–H and O–H groups in total. The Hall–Kier alpha value is -2.67. The molecule has 10 nitrogen and oxygen atoms in total. The van der Waals surface area contributed by atoms with Crippen LogP contribution in [0.3, 0.4) is 0 Å². The average molecular weight is 399 g/mol. The summed E-state index contributed by atoms with van der Waals surface area (Å²) in [5, 5.41) is 4.98. The largest absolute Gasteiger partial charge is 0.454 e. The minimum atomic E-state index is -4.22. The van der Waals surface area contributed by atoms with Crippen LogP contribution in [0.2, 0.25) is 0 Å². The fourth-order valence-electron chi connectivity index (χ4n) is 2.10. The molecule has 0 aromatic heterocycles. The third-order valence-electron chi connectivity index (χ3n) is 3.38. The van der Waals surface area contributed by atoms with Crippen LogP contribution >= 0.6 is 0 Å². The maximum absolute atomic E-state index is 12.2. The molecule has 3 rings (SSSR count). The lowest BCUT2D eigenvalue weighted by Gasteiger charge is -2.09. The zero-order chi connectivity index (χ0) is 18.9. The van der Waals surface area contributed by atoms with E-state index >= 15 is 0 Å². The van der Waals surface area contributed by atoms with E-state index in [1.54, 1.807) is 0 Å². The number of carbonyl (C=O) groups excluding carboxylic acids is 1. The Labute approximate surface area is 149 Å². The van der Waals surface area contributed by atoms with Crippen LogP contribution in [-0.4, -0.2) is 29.5 Å². The summed E-state index contributed by atoms with van der Waals surface area (Å²) in [7, 11) is -8.29. The van der Waals surface area contributed by atoms with Gasteiger partial charge in [0, 0.05) is 5.56 Å². The molecule has 0 bridgehead atoms. The number of fused-ring (bicyclic) bond motifs is 1. The van der Waals surface area contributed by atoms with Crippen LogP contribution < -0.4 is 24.9 Å². The van der Waals surface area contributed by atoms with Gasteiger partial charge in [0.25, 0.3) is 15.9 Å². The van der Waals surface area contributed by atoms with Gasteiger partial charge in [0.2, 0.25) is 16.8 Å². The summed E-state index contributed by atoms with van der Waals surface area (Å²) in [6, 6.07) is 8.75. The number of rotatable bonds is 5. The topological polar surface area (TPSA) is 154 Å². The van der Waals surface area contributed by atoms with Crippen molar-refractivity contribution < 1.29 is 31.1 Å². The number of nitrogens with two attached hydrogens (primary N) is 1. The number of hydrogen-bond donors (Lipinski definition) is 3. The molecular weight excluding hydrogens is 386 g/mol. The van der Waals surface area contributed by atoms with Crippen LogP contribution in [0.1, 0.15) is 10.4 Å². The van der Waals surface area contributed by atoms with Gasteiger partial charge in [0.05, 0.1) is 9.79 Å². The van der Waals surface area contributed by atoms with Crippen molar-refractivity contribution in [3.63, 3.8) is 0 Å². The first kappa shape index (κ1) is 18.1. The highest BCUT2D eigenvalue weighted by atomic mass is 32.2. The van der Waals surface area contributed by atoms with Gasteiger partial charge in [-0.3, -0.25) is 10.2 Å². The molecule has 0 spiro atoms. The van der Waals surface area contributed by atoms with E-state index in [2.05, 4.69) is 0 Å². The second-order valence-corrected chi connectivity index (χ2v) is 8.39. The van der Waals surface area contributed by atoms with E-state index in [-0.39, 0.29) is 22.1 Å². The molecular formula is C14H13N3O7S2. The first-order valence-corrected chi connectivity index (χ1v) is 10.0. The fourth-order valence-corrected chi connectivity index (χ4v) is 3.62. The van der Waals surface area contributed by atoms with Crippen LogP contribution in [0.25, 0.3) is 0 Å². The molecule has 1 heterocycles. The predicted octanol–water partition coefficient (Wildman–Crippen LogP) is -0.314. The summed E-state index contributed by atoms with van der Waals surface area (Å²) >= 11 is 0. The van der Waals surface area contributed by atoms with Gasteiger partial charge in [-0.2, -0.15) is 0 Å². The van der Waals surface area contributed by atoms with Crippen molar-refractivity contribution in [3.8, 4) is 11.5 Å². The first-order valence-electron chi connectivity index (χ1n) is 7.01. The van der Waals surface area contributed by atoms with Crippen molar-refractivity contribution in [2.75, 3.05) is 6.79 Å². The monoisotopic (exact) mass is 399 g/mol. The maximum Gasteiger partial charge on any atom is 0.266 e. The van der Waals surface area contributed by atoms with E-state index in [1.807, 2.05) is 10.3 Å². The smallest absolute Gasteiger partial charge is 0.266 e. The van der Waals surface area contributed by atoms with Gasteiger partial charge in [-0.1, -0.05) is 6.07 Å². The molecule has 26 heavy (non-hydrogen) atoms. The molecule has 0 saturated heterocycles. The lowest BCUT2D eigenvalue weighted by molar-refractivity contribution is 0.0944. The quantitative estimate of drug-likeness (QED) is 0.583. The fraction of sp³-hybridized carbons (Fsp3) is 0.0714. The molecule has 2 aromatic carbocycles. The molecule has 0 aliphatic carbocycles. The van der Waals surface area contributed by atoms with E-state index in [0.717, 1.165) is 18.2 Å². The number of amides is 1. The molecule has 2 aromatic rings. The highest BCUT2D eigenvalue weighted by molar-refractivity contribution is 7.90. The van der Waals surface area contributed by atoms with E-state index in [0.29, 0.717) is 11.5 Å². The van der Waals surface area contributed by atoms with Gasteiger partial charge in [-0.05, 0) is 36.4 Å². The molecule has 0 fully saturated rings. The Morgan fingerprint density at radius 3 is 2.38 bits per heavy atom. The highest BCUT2D eigenvalue weighted by Gasteiger charge is 2.20. The van der Waals surface area contributed by atoms with Gasteiger partial charge in [-0.15, -0.1) is 4.83 Å². The molecule has 0 saturated carbocycles. The second-order valence-electron chi connectivity index (χ2n) is 5.15. The van der Waals surface area contributed by atoms with Crippen LogP contribution in [0.15, 0.2) is 52.3 Å². The van der Waals surface area contributed by atoms with Crippen molar-refractivity contribution in [1.29, 1.82) is 0 Å². The Morgan fingerprint density at radius 2 is 1.65 bits per heavy atom. The average Bonchev–Trinajstić information content (AvgIpc) is 3.07. The minimum absolute atomic E-state index is 0.0351. The van der Waals surface area contributed by atoms with E-state index in [1.165, 1.54) is 24.3 Å². The standard InChI is InChI=1S/C14H13N3O7S2/c15-25(19,20)10-2-1-3-11(7-10)26(21,22)17-16-14(18)9-4-5-12-13(6-9)24-8-23-12/h1-7,17H,8H2,(H,16,18)(H2,15,19,20). The van der Waals surface area contributed by atoms with Crippen molar-refractivity contribution in [1.82, 2.24) is 10.3 Å². The van der Waals surface area contributed by atoms with Crippen molar-refractivity contribution in [3.05, 3.63) is 48.0 Å². The lowest BCUT2D eigenvalue weighted by atomic mass is 10.2. The van der Waals surface area contributed by atoms with Crippen LogP contribution in [-0.2, 0) is 20.0 Å². The van der Waals surface area contributed by atoms with Gasteiger partial charge < -0.3 is 9.47 Å². The molecule has 0 radical (unpaired) electrons. The summed E-state index contributed by atoms with van der Waals surface area (Å²) in [5.41, 5.74) is 2.17. The summed E-state index contributed by atoms with van der Waals surface area (Å²) < 4.78 is 57.4. The van der Waals surface area contributed by atoms with Gasteiger partial charge in [0.15, 0.2) is 11.5 Å². The van der Waals surface area contributed by atoms with Crippen LogP contribution in [0.4, 0.5) is 0 Å². The zero-order valence-corrected chi connectivity index (χ0v) is 14.6. The van der Waals surface area contributed by atoms with Crippen LogP contribution in [0.5, 0.6) is 11.5 Å². The number of hydrogen-bond acceptors (Lipinski definition) is 7. The van der Waals surface area contributed by atoms with Crippen LogP contribution in [0, 0.1) is 0 Å². The maximum atomic E-state index is 12.2. The number of primary sulfonamides is 1. The SMILES string of the molecule is NS(=O)(=O)c1cccc(S(=O)(=O)NNC(=O)c2ccc3c(c2)OCO3)c1. The third kappa shape index (κ3) is 3.77. The summed E-state index contributed by atoms with van der Waals surface area (Å²) in [6.07, 6.45) is 0. The van der Waals surface area contributed by atoms with Crippen molar-refractivity contribution in [2.45, 2.75) is 9.79 Å². The molecule has 0 atom stereocenters. The first-order chi connectivity index (χ1) is 12.2. The Kier molecular flexibility index (Phi) is 4.58. The number of nitrogens with one attached hydrogen (secondary N) is 2. The number of benzene rings is 2. The molecule has 1 aliphatic rings. The Morgan fingerprint density at radius 1 is 0.962 bits per heavy atom. The number of carbonyl (C=O) groups is 1. The Bertz CT molecular complexity index is 1080. The third-order valence-corrected chi connectivity index (χ3v) is 5.53. The summed E-state index contributed by atoms with van der Waals surface area (Å²) in [4.78, 5) is 13.2. The van der Waals surface area contributed by atoms with Crippen molar-refractivity contribution >= 4 is 26.0 Å². The Balaban J connectivity index is 1.75. The highest BCUT2D eigenvalue weighted by Crippen LogP contribution is 2.32. The summed E-state index contributed by atoms with van der Waals surface area (Å²) in [6.45, 7) is 0.0351. The van der Waals surface area contributed by atoms with Gasteiger partial charge >= 0.3 is 0 Å². The molecule has 1 aliphatic heterocycles. The van der Waals surface area contributed by atoms with E-state index < -0.39 is 26.0 Å². The van der Waals surface area contributed by atoms with E-state index in [4.69, 9.17) is 14.6 Å². The number of ether oxygens (including phenoxy) is 2. The number of hydrazine groups is 1. The van der Waals surface area contributed by atoms with Gasteiger partial charge in [-0.25, -0.2) is 22.0 Å².